The smallest absolute Gasteiger partial charge is 0.337 e. The number of allylic oxidation sites excluding steroid dienone is 3. The van der Waals surface area contributed by atoms with Gasteiger partial charge in [0.05, 0.1) is 26.9 Å². The summed E-state index contributed by atoms with van der Waals surface area (Å²) in [6.07, 6.45) is 3.47. The molecule has 2 aliphatic rings. The highest BCUT2D eigenvalue weighted by atomic mass is 16.5. The van der Waals surface area contributed by atoms with Crippen LogP contribution in [0.15, 0.2) is 47.3 Å². The van der Waals surface area contributed by atoms with Gasteiger partial charge in [-0.1, -0.05) is 12.7 Å². The molecule has 0 aromatic heterocycles. The predicted molar refractivity (Wildman–Crippen MR) is 112 cm³/mol. The summed E-state index contributed by atoms with van der Waals surface area (Å²) < 4.78 is 21.8. The molecule has 1 atom stereocenters. The molecule has 7 nitrogen and oxygen atoms in total. The lowest BCUT2D eigenvalue weighted by molar-refractivity contribution is -0.138. The standard InChI is InChI=1S/C23H27NO6/c1-6-10-30-23(26)19-13(2)24-15-8-7-9-16(25)21(15)20(19)14-11-17(27-3)22(29-5)18(12-14)28-4/h6,11-12,20,24H,1,7-10H2,2-5H3/t20-/m1/s1. The zero-order valence-electron chi connectivity index (χ0n) is 17.8. The average Bonchev–Trinajstić information content (AvgIpc) is 2.75. The molecule has 0 bridgehead atoms. The van der Waals surface area contributed by atoms with Crippen LogP contribution < -0.4 is 19.5 Å². The Hall–Kier alpha value is -3.22. The van der Waals surface area contributed by atoms with Crippen molar-refractivity contribution in [3.63, 3.8) is 0 Å². The number of carbonyl (C=O) groups excluding carboxylic acids is 2. The zero-order valence-corrected chi connectivity index (χ0v) is 17.8. The third-order valence-electron chi connectivity index (χ3n) is 5.35. The normalized spacial score (nSPS) is 18.4. The van der Waals surface area contributed by atoms with E-state index in [0.717, 1.165) is 18.5 Å². The van der Waals surface area contributed by atoms with Crippen LogP contribution in [0.4, 0.5) is 0 Å². The van der Waals surface area contributed by atoms with Gasteiger partial charge < -0.3 is 24.3 Å². The van der Waals surface area contributed by atoms with Crippen molar-refractivity contribution in [2.75, 3.05) is 27.9 Å². The Kier molecular flexibility index (Phi) is 6.50. The van der Waals surface area contributed by atoms with Gasteiger partial charge in [-0.05, 0) is 37.5 Å². The Morgan fingerprint density at radius 2 is 1.83 bits per heavy atom. The molecule has 7 heteroatoms. The largest absolute Gasteiger partial charge is 0.493 e. The Balaban J connectivity index is 2.23. The van der Waals surface area contributed by atoms with Crippen LogP contribution in [-0.2, 0) is 14.3 Å². The lowest BCUT2D eigenvalue weighted by Crippen LogP contribution is -2.34. The van der Waals surface area contributed by atoms with Crippen molar-refractivity contribution in [1.29, 1.82) is 0 Å². The minimum Gasteiger partial charge on any atom is -0.493 e. The van der Waals surface area contributed by atoms with Crippen LogP contribution in [0, 0.1) is 0 Å². The van der Waals surface area contributed by atoms with Gasteiger partial charge in [0.2, 0.25) is 5.75 Å². The highest BCUT2D eigenvalue weighted by molar-refractivity contribution is 6.03. The molecule has 1 heterocycles. The van der Waals surface area contributed by atoms with E-state index in [4.69, 9.17) is 18.9 Å². The maximum atomic E-state index is 13.0. The predicted octanol–water partition coefficient (Wildman–Crippen LogP) is 3.41. The van der Waals surface area contributed by atoms with E-state index in [2.05, 4.69) is 11.9 Å². The van der Waals surface area contributed by atoms with E-state index in [0.29, 0.717) is 46.1 Å². The fraction of sp³-hybridized carbons (Fsp3) is 0.391. The highest BCUT2D eigenvalue weighted by Crippen LogP contribution is 2.47. The maximum absolute atomic E-state index is 13.0. The van der Waals surface area contributed by atoms with Gasteiger partial charge in [-0.2, -0.15) is 0 Å². The Bertz CT molecular complexity index is 918. The van der Waals surface area contributed by atoms with Gasteiger partial charge in [-0.3, -0.25) is 4.79 Å². The number of hydrogen-bond acceptors (Lipinski definition) is 7. The lowest BCUT2D eigenvalue weighted by atomic mass is 9.75. The average molecular weight is 413 g/mol. The number of carbonyl (C=O) groups is 2. The summed E-state index contributed by atoms with van der Waals surface area (Å²) in [5.74, 6) is 0.269. The maximum Gasteiger partial charge on any atom is 0.337 e. The quantitative estimate of drug-likeness (QED) is 0.542. The van der Waals surface area contributed by atoms with Crippen molar-refractivity contribution in [3.8, 4) is 17.2 Å². The number of dihydropyridines is 1. The lowest BCUT2D eigenvalue weighted by Gasteiger charge is -2.34. The summed E-state index contributed by atoms with van der Waals surface area (Å²) in [6, 6.07) is 3.55. The fourth-order valence-corrected chi connectivity index (χ4v) is 4.07. The molecule has 1 aromatic carbocycles. The zero-order chi connectivity index (χ0) is 21.8. The number of ether oxygens (including phenoxy) is 4. The third kappa shape index (κ3) is 3.79. The first-order valence-electron chi connectivity index (χ1n) is 9.78. The minimum atomic E-state index is -0.597. The van der Waals surface area contributed by atoms with E-state index in [9.17, 15) is 9.59 Å². The summed E-state index contributed by atoms with van der Waals surface area (Å²) in [4.78, 5) is 25.9. The van der Waals surface area contributed by atoms with E-state index in [1.54, 1.807) is 12.1 Å². The monoisotopic (exact) mass is 413 g/mol. The molecule has 0 saturated heterocycles. The van der Waals surface area contributed by atoms with Gasteiger partial charge in [0.25, 0.3) is 0 Å². The second-order valence-corrected chi connectivity index (χ2v) is 7.11. The van der Waals surface area contributed by atoms with Crippen molar-refractivity contribution >= 4 is 11.8 Å². The summed E-state index contributed by atoms with van der Waals surface area (Å²) in [6.45, 7) is 5.50. The number of methoxy groups -OCH3 is 3. The first-order chi connectivity index (χ1) is 14.5. The molecule has 0 saturated carbocycles. The van der Waals surface area contributed by atoms with E-state index in [-0.39, 0.29) is 12.4 Å². The molecule has 30 heavy (non-hydrogen) atoms. The molecular weight excluding hydrogens is 386 g/mol. The SMILES string of the molecule is C=CCOC(=O)C1=C(C)NC2=C(C(=O)CCC2)[C@@H]1c1cc(OC)c(OC)c(OC)c1. The number of ketones is 1. The van der Waals surface area contributed by atoms with Crippen molar-refractivity contribution in [1.82, 2.24) is 5.32 Å². The molecule has 1 aromatic rings. The van der Waals surface area contributed by atoms with Gasteiger partial charge in [-0.25, -0.2) is 4.79 Å². The topological polar surface area (TPSA) is 83.1 Å². The van der Waals surface area contributed by atoms with Crippen LogP contribution in [-0.4, -0.2) is 39.7 Å². The molecular formula is C23H27NO6. The fourth-order valence-electron chi connectivity index (χ4n) is 4.07. The molecule has 3 rings (SSSR count). The van der Waals surface area contributed by atoms with Crippen molar-refractivity contribution in [2.45, 2.75) is 32.1 Å². The molecule has 0 spiro atoms. The van der Waals surface area contributed by atoms with E-state index >= 15 is 0 Å². The minimum absolute atomic E-state index is 0.0176. The summed E-state index contributed by atoms with van der Waals surface area (Å²) >= 11 is 0. The van der Waals surface area contributed by atoms with E-state index in [1.165, 1.54) is 27.4 Å². The number of Topliss-reactive ketones (excluding diaryl/α,β-unsaturated/α-hetero) is 1. The number of hydrogen-bond donors (Lipinski definition) is 1. The number of nitrogens with one attached hydrogen (secondary N) is 1. The van der Waals surface area contributed by atoms with Crippen molar-refractivity contribution in [2.24, 2.45) is 0 Å². The molecule has 0 fully saturated rings. The Morgan fingerprint density at radius 3 is 2.40 bits per heavy atom. The van der Waals surface area contributed by atoms with Crippen molar-refractivity contribution in [3.05, 3.63) is 52.9 Å². The molecule has 1 N–H and O–H groups in total. The van der Waals surface area contributed by atoms with E-state index < -0.39 is 11.9 Å². The molecule has 1 aliphatic carbocycles. The number of benzene rings is 1. The molecule has 0 unspecified atom stereocenters. The van der Waals surface area contributed by atoms with Gasteiger partial charge in [-0.15, -0.1) is 0 Å². The van der Waals surface area contributed by atoms with Crippen LogP contribution in [0.25, 0.3) is 0 Å². The second kappa shape index (κ2) is 9.07. The summed E-state index contributed by atoms with van der Waals surface area (Å²) in [5, 5.41) is 3.26. The second-order valence-electron chi connectivity index (χ2n) is 7.11. The Morgan fingerprint density at radius 1 is 1.17 bits per heavy atom. The molecule has 0 radical (unpaired) electrons. The summed E-state index contributed by atoms with van der Waals surface area (Å²) in [5.41, 5.74) is 3.18. The number of rotatable bonds is 7. The van der Waals surface area contributed by atoms with Gasteiger partial charge >= 0.3 is 5.97 Å². The molecule has 0 amide bonds. The Labute approximate surface area is 176 Å². The van der Waals surface area contributed by atoms with Crippen LogP contribution in [0.1, 0.15) is 37.7 Å². The summed E-state index contributed by atoms with van der Waals surface area (Å²) in [7, 11) is 4.58. The highest BCUT2D eigenvalue weighted by Gasteiger charge is 2.39. The van der Waals surface area contributed by atoms with Crippen LogP contribution in [0.3, 0.4) is 0 Å². The van der Waals surface area contributed by atoms with Crippen molar-refractivity contribution < 1.29 is 28.5 Å². The van der Waals surface area contributed by atoms with Crippen LogP contribution >= 0.6 is 0 Å². The van der Waals surface area contributed by atoms with Gasteiger partial charge in [0.15, 0.2) is 17.3 Å². The van der Waals surface area contributed by atoms with Gasteiger partial charge in [0.1, 0.15) is 6.61 Å². The molecule has 1 aliphatic heterocycles. The van der Waals surface area contributed by atoms with Gasteiger partial charge in [0, 0.05) is 29.3 Å². The molecule has 160 valence electrons. The first kappa shape index (κ1) is 21.5. The number of esters is 1. The van der Waals surface area contributed by atoms with Crippen LogP contribution in [0.2, 0.25) is 0 Å². The first-order valence-corrected chi connectivity index (χ1v) is 9.78. The third-order valence-corrected chi connectivity index (χ3v) is 5.35. The van der Waals surface area contributed by atoms with Crippen LogP contribution in [0.5, 0.6) is 17.2 Å². The van der Waals surface area contributed by atoms with E-state index in [1.807, 2.05) is 6.92 Å².